The lowest BCUT2D eigenvalue weighted by molar-refractivity contribution is -0.0144. The zero-order valence-corrected chi connectivity index (χ0v) is 10.4. The van der Waals surface area contributed by atoms with E-state index in [1.165, 1.54) is 0 Å². The highest BCUT2D eigenvalue weighted by molar-refractivity contribution is 5.81. The SMILES string of the molecule is Cc1cccc2cc(C3(O)CCCC3C)oc12. The standard InChI is InChI=1S/C15H18O2/c1-10-5-3-7-12-9-13(17-14(10)12)15(16)8-4-6-11(15)2/h3,5,7,9,11,16H,4,6,8H2,1-2H3. The Bertz CT molecular complexity index is 555. The third-order valence-electron chi connectivity index (χ3n) is 4.18. The van der Waals surface area contributed by atoms with Crippen molar-refractivity contribution in [3.8, 4) is 0 Å². The lowest BCUT2D eigenvalue weighted by Crippen LogP contribution is -2.27. The maximum Gasteiger partial charge on any atom is 0.137 e. The van der Waals surface area contributed by atoms with Crippen molar-refractivity contribution < 1.29 is 9.52 Å². The van der Waals surface area contributed by atoms with Crippen LogP contribution in [0.25, 0.3) is 11.0 Å². The third kappa shape index (κ3) is 1.51. The molecule has 2 aromatic rings. The lowest BCUT2D eigenvalue weighted by atomic mass is 9.90. The fourth-order valence-electron chi connectivity index (χ4n) is 2.95. The number of aryl methyl sites for hydroxylation is 1. The van der Waals surface area contributed by atoms with E-state index in [9.17, 15) is 5.11 Å². The Kier molecular flexibility index (Phi) is 2.30. The van der Waals surface area contributed by atoms with Crippen molar-refractivity contribution in [3.63, 3.8) is 0 Å². The first-order valence-electron chi connectivity index (χ1n) is 6.33. The van der Waals surface area contributed by atoms with Crippen molar-refractivity contribution in [1.29, 1.82) is 0 Å². The molecule has 0 bridgehead atoms. The van der Waals surface area contributed by atoms with Crippen LogP contribution >= 0.6 is 0 Å². The van der Waals surface area contributed by atoms with Gasteiger partial charge in [-0.3, -0.25) is 0 Å². The van der Waals surface area contributed by atoms with Crippen molar-refractivity contribution in [3.05, 3.63) is 35.6 Å². The van der Waals surface area contributed by atoms with Crippen molar-refractivity contribution in [2.45, 2.75) is 38.7 Å². The maximum atomic E-state index is 10.7. The first-order chi connectivity index (χ1) is 8.11. The number of hydrogen-bond acceptors (Lipinski definition) is 2. The van der Waals surface area contributed by atoms with E-state index in [-0.39, 0.29) is 5.92 Å². The van der Waals surface area contributed by atoms with E-state index < -0.39 is 5.60 Å². The lowest BCUT2D eigenvalue weighted by Gasteiger charge is -2.24. The van der Waals surface area contributed by atoms with E-state index in [0.29, 0.717) is 0 Å². The largest absolute Gasteiger partial charge is 0.458 e. The minimum Gasteiger partial charge on any atom is -0.458 e. The summed E-state index contributed by atoms with van der Waals surface area (Å²) < 4.78 is 5.91. The van der Waals surface area contributed by atoms with E-state index in [1.807, 2.05) is 31.2 Å². The van der Waals surface area contributed by atoms with Gasteiger partial charge in [0.05, 0.1) is 0 Å². The molecular weight excluding hydrogens is 212 g/mol. The summed E-state index contributed by atoms with van der Waals surface area (Å²) in [6.45, 7) is 4.14. The van der Waals surface area contributed by atoms with Gasteiger partial charge in [0.15, 0.2) is 0 Å². The van der Waals surface area contributed by atoms with Crippen LogP contribution in [0.5, 0.6) is 0 Å². The highest BCUT2D eigenvalue weighted by Crippen LogP contribution is 2.45. The molecule has 17 heavy (non-hydrogen) atoms. The van der Waals surface area contributed by atoms with Crippen LogP contribution in [0.1, 0.15) is 37.5 Å². The highest BCUT2D eigenvalue weighted by Gasteiger charge is 2.42. The smallest absolute Gasteiger partial charge is 0.137 e. The number of aliphatic hydroxyl groups is 1. The van der Waals surface area contributed by atoms with Crippen LogP contribution in [0.3, 0.4) is 0 Å². The second-order valence-corrected chi connectivity index (χ2v) is 5.32. The molecule has 90 valence electrons. The number of para-hydroxylation sites is 1. The number of benzene rings is 1. The average Bonchev–Trinajstić information content (AvgIpc) is 2.86. The summed E-state index contributed by atoms with van der Waals surface area (Å²) in [4.78, 5) is 0. The molecule has 2 atom stereocenters. The molecule has 0 spiro atoms. The van der Waals surface area contributed by atoms with Gasteiger partial charge in [-0.1, -0.05) is 25.1 Å². The molecule has 0 amide bonds. The minimum absolute atomic E-state index is 0.281. The average molecular weight is 230 g/mol. The van der Waals surface area contributed by atoms with Gasteiger partial charge in [-0.05, 0) is 43.7 Å². The van der Waals surface area contributed by atoms with Gasteiger partial charge in [0.2, 0.25) is 0 Å². The second kappa shape index (κ2) is 3.61. The minimum atomic E-state index is -0.758. The molecule has 1 aliphatic rings. The van der Waals surface area contributed by atoms with Gasteiger partial charge in [0, 0.05) is 5.39 Å². The van der Waals surface area contributed by atoms with Gasteiger partial charge in [0.25, 0.3) is 0 Å². The van der Waals surface area contributed by atoms with E-state index in [2.05, 4.69) is 6.92 Å². The van der Waals surface area contributed by atoms with E-state index >= 15 is 0 Å². The molecule has 1 aromatic carbocycles. The Labute approximate surface area is 101 Å². The Balaban J connectivity index is 2.15. The monoisotopic (exact) mass is 230 g/mol. The molecule has 1 aliphatic carbocycles. The molecule has 2 heteroatoms. The molecule has 2 unspecified atom stereocenters. The summed E-state index contributed by atoms with van der Waals surface area (Å²) in [6.07, 6.45) is 2.97. The molecule has 1 fully saturated rings. The fourth-order valence-corrected chi connectivity index (χ4v) is 2.95. The molecule has 1 aromatic heterocycles. The van der Waals surface area contributed by atoms with Crippen LogP contribution in [0.4, 0.5) is 0 Å². The molecule has 0 aliphatic heterocycles. The molecule has 1 heterocycles. The summed E-state index contributed by atoms with van der Waals surface area (Å²) in [6, 6.07) is 8.11. The fraction of sp³-hybridized carbons (Fsp3) is 0.467. The van der Waals surface area contributed by atoms with E-state index in [4.69, 9.17) is 4.42 Å². The second-order valence-electron chi connectivity index (χ2n) is 5.32. The van der Waals surface area contributed by atoms with Crippen LogP contribution in [0, 0.1) is 12.8 Å². The summed E-state index contributed by atoms with van der Waals surface area (Å²) >= 11 is 0. The quantitative estimate of drug-likeness (QED) is 0.809. The van der Waals surface area contributed by atoms with Crippen LogP contribution in [0.2, 0.25) is 0 Å². The first kappa shape index (κ1) is 10.8. The van der Waals surface area contributed by atoms with E-state index in [0.717, 1.165) is 41.6 Å². The zero-order chi connectivity index (χ0) is 12.0. The molecule has 2 nitrogen and oxygen atoms in total. The zero-order valence-electron chi connectivity index (χ0n) is 10.4. The Morgan fingerprint density at radius 3 is 2.88 bits per heavy atom. The first-order valence-corrected chi connectivity index (χ1v) is 6.33. The molecule has 3 rings (SSSR count). The van der Waals surface area contributed by atoms with Crippen LogP contribution in [0.15, 0.2) is 28.7 Å². The Morgan fingerprint density at radius 2 is 2.24 bits per heavy atom. The van der Waals surface area contributed by atoms with Crippen LogP contribution in [-0.4, -0.2) is 5.11 Å². The highest BCUT2D eigenvalue weighted by atomic mass is 16.4. The maximum absolute atomic E-state index is 10.7. The number of fused-ring (bicyclic) bond motifs is 1. The van der Waals surface area contributed by atoms with Crippen molar-refractivity contribution in [2.24, 2.45) is 5.92 Å². The van der Waals surface area contributed by atoms with Gasteiger partial charge >= 0.3 is 0 Å². The molecule has 1 saturated carbocycles. The van der Waals surface area contributed by atoms with Crippen LogP contribution in [-0.2, 0) is 5.60 Å². The van der Waals surface area contributed by atoms with Gasteiger partial charge in [-0.2, -0.15) is 0 Å². The van der Waals surface area contributed by atoms with Crippen molar-refractivity contribution >= 4 is 11.0 Å². The van der Waals surface area contributed by atoms with Crippen molar-refractivity contribution in [2.75, 3.05) is 0 Å². The van der Waals surface area contributed by atoms with Gasteiger partial charge < -0.3 is 9.52 Å². The summed E-state index contributed by atoms with van der Waals surface area (Å²) in [5.41, 5.74) is 1.28. The van der Waals surface area contributed by atoms with Crippen molar-refractivity contribution in [1.82, 2.24) is 0 Å². The number of rotatable bonds is 1. The van der Waals surface area contributed by atoms with Crippen LogP contribution < -0.4 is 0 Å². The van der Waals surface area contributed by atoms with Gasteiger partial charge in [-0.25, -0.2) is 0 Å². The predicted molar refractivity (Wildman–Crippen MR) is 67.9 cm³/mol. The summed E-state index contributed by atoms with van der Waals surface area (Å²) in [5.74, 6) is 1.02. The molecule has 0 radical (unpaired) electrons. The molecule has 1 N–H and O–H groups in total. The Hall–Kier alpha value is -1.28. The summed E-state index contributed by atoms with van der Waals surface area (Å²) in [7, 11) is 0. The Morgan fingerprint density at radius 1 is 1.41 bits per heavy atom. The predicted octanol–water partition coefficient (Wildman–Crippen LogP) is 3.75. The normalized spacial score (nSPS) is 29.0. The molecular formula is C15H18O2. The van der Waals surface area contributed by atoms with E-state index in [1.54, 1.807) is 0 Å². The third-order valence-corrected chi connectivity index (χ3v) is 4.18. The van der Waals surface area contributed by atoms with Gasteiger partial charge in [-0.15, -0.1) is 0 Å². The topological polar surface area (TPSA) is 33.4 Å². The number of hydrogen-bond donors (Lipinski definition) is 1. The molecule has 0 saturated heterocycles. The summed E-state index contributed by atoms with van der Waals surface area (Å²) in [5, 5.41) is 11.8. The number of furan rings is 1. The van der Waals surface area contributed by atoms with Gasteiger partial charge in [0.1, 0.15) is 16.9 Å².